The average Bonchev–Trinajstić information content (AvgIpc) is 3.35. The molecule has 2 aliphatic heterocycles. The van der Waals surface area contributed by atoms with Gasteiger partial charge in [0.25, 0.3) is 0 Å². The van der Waals surface area contributed by atoms with E-state index in [0.717, 1.165) is 51.5 Å². The molecule has 8 heteroatoms. The van der Waals surface area contributed by atoms with Gasteiger partial charge in [0.1, 0.15) is 5.75 Å². The van der Waals surface area contributed by atoms with Gasteiger partial charge in [-0.1, -0.05) is 24.3 Å². The zero-order chi connectivity index (χ0) is 22.6. The Morgan fingerprint density at radius 3 is 2.55 bits per heavy atom. The Labute approximate surface area is 194 Å². The van der Waals surface area contributed by atoms with Crippen LogP contribution in [-0.2, 0) is 6.54 Å². The molecule has 0 saturated carbocycles. The summed E-state index contributed by atoms with van der Waals surface area (Å²) >= 11 is 0. The Morgan fingerprint density at radius 2 is 1.82 bits per heavy atom. The van der Waals surface area contributed by atoms with Gasteiger partial charge in [0.05, 0.1) is 11.4 Å². The number of phenols is 1. The molecule has 1 unspecified atom stereocenters. The van der Waals surface area contributed by atoms with E-state index in [9.17, 15) is 5.11 Å². The standard InChI is InChI=1S/C25H31N7O/c26-25-23(15-22(29-30-25)21-3-1-2-4-24(21)33)32-13-11-31(12-14-32)17-18-5-7-19(8-6-18)28-20-9-10-27-16-20/h1-8,15,20,27-28,33H,9-14,16-17H2,(H2,26,30). The number of anilines is 3. The third-order valence-corrected chi connectivity index (χ3v) is 6.49. The molecule has 0 aliphatic carbocycles. The van der Waals surface area contributed by atoms with Crippen LogP contribution in [-0.4, -0.2) is 65.5 Å². The number of hydrogen-bond acceptors (Lipinski definition) is 8. The van der Waals surface area contributed by atoms with Crippen molar-refractivity contribution in [2.75, 3.05) is 55.2 Å². The Balaban J connectivity index is 1.19. The highest BCUT2D eigenvalue weighted by Gasteiger charge is 2.21. The molecule has 3 aromatic rings. The van der Waals surface area contributed by atoms with Crippen molar-refractivity contribution in [3.63, 3.8) is 0 Å². The predicted molar refractivity (Wildman–Crippen MR) is 132 cm³/mol. The van der Waals surface area contributed by atoms with Gasteiger partial charge in [0.2, 0.25) is 0 Å². The molecule has 2 aliphatic rings. The van der Waals surface area contributed by atoms with Gasteiger partial charge in [-0.15, -0.1) is 10.2 Å². The molecule has 5 rings (SSSR count). The summed E-state index contributed by atoms with van der Waals surface area (Å²) in [5.74, 6) is 0.608. The minimum Gasteiger partial charge on any atom is -0.507 e. The molecule has 1 atom stereocenters. The van der Waals surface area contributed by atoms with E-state index < -0.39 is 0 Å². The maximum atomic E-state index is 10.2. The Bertz CT molecular complexity index is 1070. The highest BCUT2D eigenvalue weighted by molar-refractivity contribution is 5.74. The zero-order valence-corrected chi connectivity index (χ0v) is 18.7. The summed E-state index contributed by atoms with van der Waals surface area (Å²) in [5.41, 5.74) is 10.8. The third kappa shape index (κ3) is 5.02. The minimum atomic E-state index is 0.188. The number of nitrogens with two attached hydrogens (primary N) is 1. The quantitative estimate of drug-likeness (QED) is 0.459. The van der Waals surface area contributed by atoms with Gasteiger partial charge in [-0.2, -0.15) is 0 Å². The van der Waals surface area contributed by atoms with Gasteiger partial charge in [0, 0.05) is 56.6 Å². The molecule has 0 spiro atoms. The van der Waals surface area contributed by atoms with E-state index in [1.165, 1.54) is 17.7 Å². The first-order valence-corrected chi connectivity index (χ1v) is 11.6. The summed E-state index contributed by atoms with van der Waals surface area (Å²) in [6, 6.07) is 18.4. The second kappa shape index (κ2) is 9.64. The molecule has 0 bridgehead atoms. The molecule has 0 amide bonds. The van der Waals surface area contributed by atoms with Crippen LogP contribution in [0.4, 0.5) is 17.2 Å². The van der Waals surface area contributed by atoms with Crippen molar-refractivity contribution in [3.8, 4) is 17.0 Å². The second-order valence-corrected chi connectivity index (χ2v) is 8.81. The average molecular weight is 446 g/mol. The first-order valence-electron chi connectivity index (χ1n) is 11.6. The highest BCUT2D eigenvalue weighted by Crippen LogP contribution is 2.31. The van der Waals surface area contributed by atoms with Gasteiger partial charge in [0.15, 0.2) is 5.82 Å². The first kappa shape index (κ1) is 21.5. The maximum absolute atomic E-state index is 10.2. The molecule has 2 fully saturated rings. The number of benzene rings is 2. The van der Waals surface area contributed by atoms with Gasteiger partial charge in [-0.25, -0.2) is 0 Å². The van der Waals surface area contributed by atoms with E-state index in [2.05, 4.69) is 54.9 Å². The van der Waals surface area contributed by atoms with Gasteiger partial charge < -0.3 is 26.4 Å². The van der Waals surface area contributed by atoms with Gasteiger partial charge in [-0.3, -0.25) is 4.90 Å². The second-order valence-electron chi connectivity index (χ2n) is 8.81. The molecular weight excluding hydrogens is 414 g/mol. The topological polar surface area (TPSA) is 103 Å². The summed E-state index contributed by atoms with van der Waals surface area (Å²) in [5, 5.41) is 25.5. The van der Waals surface area contributed by atoms with Crippen LogP contribution in [0.15, 0.2) is 54.6 Å². The summed E-state index contributed by atoms with van der Waals surface area (Å²) in [6.45, 7) is 6.69. The fraction of sp³-hybridized carbons (Fsp3) is 0.360. The molecule has 5 N–H and O–H groups in total. The van der Waals surface area contributed by atoms with E-state index in [4.69, 9.17) is 5.73 Å². The maximum Gasteiger partial charge on any atom is 0.169 e. The van der Waals surface area contributed by atoms with Crippen molar-refractivity contribution in [2.24, 2.45) is 0 Å². The lowest BCUT2D eigenvalue weighted by Crippen LogP contribution is -2.46. The number of hydrogen-bond donors (Lipinski definition) is 4. The minimum absolute atomic E-state index is 0.188. The molecular formula is C25H31N7O. The molecule has 2 saturated heterocycles. The van der Waals surface area contributed by atoms with E-state index in [-0.39, 0.29) is 5.75 Å². The summed E-state index contributed by atoms with van der Waals surface area (Å²) in [6.07, 6.45) is 1.18. The van der Waals surface area contributed by atoms with E-state index in [1.54, 1.807) is 12.1 Å². The number of rotatable bonds is 6. The van der Waals surface area contributed by atoms with Crippen LogP contribution in [0.3, 0.4) is 0 Å². The smallest absolute Gasteiger partial charge is 0.169 e. The van der Waals surface area contributed by atoms with E-state index in [1.807, 2.05) is 18.2 Å². The van der Waals surface area contributed by atoms with Crippen LogP contribution >= 0.6 is 0 Å². The lowest BCUT2D eigenvalue weighted by molar-refractivity contribution is 0.250. The van der Waals surface area contributed by atoms with Crippen LogP contribution in [0.1, 0.15) is 12.0 Å². The molecule has 2 aromatic carbocycles. The molecule has 0 radical (unpaired) electrons. The normalized spacial score (nSPS) is 19.0. The largest absolute Gasteiger partial charge is 0.507 e. The number of para-hydroxylation sites is 1. The van der Waals surface area contributed by atoms with Gasteiger partial charge >= 0.3 is 0 Å². The van der Waals surface area contributed by atoms with E-state index >= 15 is 0 Å². The van der Waals surface area contributed by atoms with Crippen molar-refractivity contribution in [1.82, 2.24) is 20.4 Å². The van der Waals surface area contributed by atoms with E-state index in [0.29, 0.717) is 23.1 Å². The third-order valence-electron chi connectivity index (χ3n) is 6.49. The number of nitrogens with one attached hydrogen (secondary N) is 2. The number of nitrogen functional groups attached to an aromatic ring is 1. The first-order chi connectivity index (χ1) is 16.2. The fourth-order valence-corrected chi connectivity index (χ4v) is 4.59. The summed E-state index contributed by atoms with van der Waals surface area (Å²) < 4.78 is 0. The molecule has 1 aromatic heterocycles. The molecule has 172 valence electrons. The zero-order valence-electron chi connectivity index (χ0n) is 18.7. The Kier molecular flexibility index (Phi) is 6.28. The van der Waals surface area contributed by atoms with Crippen molar-refractivity contribution in [1.29, 1.82) is 0 Å². The predicted octanol–water partition coefficient (Wildman–Crippen LogP) is 2.53. The number of phenolic OH excluding ortho intramolecular Hbond substituents is 1. The fourth-order valence-electron chi connectivity index (χ4n) is 4.59. The van der Waals surface area contributed by atoms with Crippen LogP contribution < -0.4 is 21.3 Å². The number of aromatic nitrogens is 2. The van der Waals surface area contributed by atoms with Crippen LogP contribution in [0, 0.1) is 0 Å². The number of aromatic hydroxyl groups is 1. The van der Waals surface area contributed by atoms with Crippen molar-refractivity contribution < 1.29 is 5.11 Å². The van der Waals surface area contributed by atoms with Gasteiger partial charge in [-0.05, 0) is 48.9 Å². The number of nitrogens with zero attached hydrogens (tertiary/aromatic N) is 4. The molecule has 3 heterocycles. The molecule has 8 nitrogen and oxygen atoms in total. The lowest BCUT2D eigenvalue weighted by atomic mass is 10.1. The van der Waals surface area contributed by atoms with Crippen LogP contribution in [0.5, 0.6) is 5.75 Å². The van der Waals surface area contributed by atoms with Crippen molar-refractivity contribution in [2.45, 2.75) is 19.0 Å². The number of piperazine rings is 1. The van der Waals surface area contributed by atoms with Crippen molar-refractivity contribution >= 4 is 17.2 Å². The van der Waals surface area contributed by atoms with Crippen molar-refractivity contribution in [3.05, 3.63) is 60.2 Å². The van der Waals surface area contributed by atoms with Crippen LogP contribution in [0.25, 0.3) is 11.3 Å². The monoisotopic (exact) mass is 445 g/mol. The summed E-state index contributed by atoms with van der Waals surface area (Å²) in [7, 11) is 0. The molecule has 33 heavy (non-hydrogen) atoms. The SMILES string of the molecule is Nc1nnc(-c2ccccc2O)cc1N1CCN(Cc2ccc(NC3CCNC3)cc2)CC1. The van der Waals surface area contributed by atoms with Crippen LogP contribution in [0.2, 0.25) is 0 Å². The summed E-state index contributed by atoms with van der Waals surface area (Å²) in [4.78, 5) is 4.72. The highest BCUT2D eigenvalue weighted by atomic mass is 16.3. The lowest BCUT2D eigenvalue weighted by Gasteiger charge is -2.36. The Morgan fingerprint density at radius 1 is 1.03 bits per heavy atom. The Hall–Kier alpha value is -3.36.